The molecule has 2 aromatic rings. The van der Waals surface area contributed by atoms with Crippen molar-refractivity contribution in [2.75, 3.05) is 11.9 Å². The number of carbonyl (C=O) groups excluding carboxylic acids is 1. The first-order valence-corrected chi connectivity index (χ1v) is 8.34. The van der Waals surface area contributed by atoms with Crippen LogP contribution in [0.1, 0.15) is 19.4 Å². The van der Waals surface area contributed by atoms with Gasteiger partial charge in [-0.3, -0.25) is 4.79 Å². The molecule has 2 aliphatic heterocycles. The van der Waals surface area contributed by atoms with Crippen LogP contribution in [0.4, 0.5) is 14.5 Å². The molecule has 142 valence electrons. The fraction of sp³-hybridized carbons (Fsp3) is 0.316. The van der Waals surface area contributed by atoms with E-state index in [2.05, 4.69) is 14.8 Å². The molecule has 2 heterocycles. The standard InChI is InChI=1S/C19H17F2NO5/c1-18(2)9-11-4-3-5-14(17(11)27-18)24-10-16(23)22-12-6-7-13-15(8-12)26-19(20,21)25-13/h3-8H,9-10H2,1-2H3,(H,22,23). The van der Waals surface area contributed by atoms with Gasteiger partial charge < -0.3 is 24.3 Å². The van der Waals surface area contributed by atoms with E-state index in [0.717, 1.165) is 12.0 Å². The van der Waals surface area contributed by atoms with Gasteiger partial charge in [0.05, 0.1) is 0 Å². The topological polar surface area (TPSA) is 66.0 Å². The number of hydrogen-bond donors (Lipinski definition) is 1. The van der Waals surface area contributed by atoms with Gasteiger partial charge in [0.15, 0.2) is 29.6 Å². The third-order valence-corrected chi connectivity index (χ3v) is 4.10. The molecule has 1 N–H and O–H groups in total. The quantitative estimate of drug-likeness (QED) is 0.879. The first kappa shape index (κ1) is 17.4. The molecule has 0 aromatic heterocycles. The maximum Gasteiger partial charge on any atom is 0.586 e. The lowest BCUT2D eigenvalue weighted by Crippen LogP contribution is -2.25. The second-order valence-corrected chi connectivity index (χ2v) is 6.95. The fourth-order valence-corrected chi connectivity index (χ4v) is 3.07. The van der Waals surface area contributed by atoms with Gasteiger partial charge in [-0.15, -0.1) is 8.78 Å². The summed E-state index contributed by atoms with van der Waals surface area (Å²) in [5, 5.41) is 2.57. The zero-order chi connectivity index (χ0) is 19.2. The van der Waals surface area contributed by atoms with E-state index in [-0.39, 0.29) is 23.7 Å². The number of alkyl halides is 2. The Labute approximate surface area is 154 Å². The molecule has 0 saturated carbocycles. The van der Waals surface area contributed by atoms with Crippen molar-refractivity contribution in [3.63, 3.8) is 0 Å². The van der Waals surface area contributed by atoms with Crippen LogP contribution in [0.25, 0.3) is 0 Å². The van der Waals surface area contributed by atoms with Gasteiger partial charge in [-0.25, -0.2) is 0 Å². The summed E-state index contributed by atoms with van der Waals surface area (Å²) in [4.78, 5) is 12.1. The van der Waals surface area contributed by atoms with Gasteiger partial charge in [0, 0.05) is 23.7 Å². The van der Waals surface area contributed by atoms with Crippen LogP contribution < -0.4 is 24.3 Å². The van der Waals surface area contributed by atoms with E-state index < -0.39 is 12.2 Å². The Balaban J connectivity index is 1.39. The summed E-state index contributed by atoms with van der Waals surface area (Å²) in [6.07, 6.45) is -2.94. The fourth-order valence-electron chi connectivity index (χ4n) is 3.07. The third-order valence-electron chi connectivity index (χ3n) is 4.10. The first-order valence-electron chi connectivity index (χ1n) is 8.34. The van der Waals surface area contributed by atoms with Gasteiger partial charge in [-0.1, -0.05) is 12.1 Å². The minimum absolute atomic E-state index is 0.0890. The van der Waals surface area contributed by atoms with Crippen LogP contribution in [0, 0.1) is 0 Å². The Bertz CT molecular complexity index is 913. The average Bonchev–Trinajstić information content (AvgIpc) is 3.05. The molecule has 0 radical (unpaired) electrons. The molecule has 8 heteroatoms. The van der Waals surface area contributed by atoms with Crippen molar-refractivity contribution in [1.29, 1.82) is 0 Å². The number of anilines is 1. The van der Waals surface area contributed by atoms with Crippen LogP contribution in [0.3, 0.4) is 0 Å². The lowest BCUT2D eigenvalue weighted by atomic mass is 10.0. The largest absolute Gasteiger partial charge is 0.586 e. The average molecular weight is 377 g/mol. The number of benzene rings is 2. The lowest BCUT2D eigenvalue weighted by molar-refractivity contribution is -0.286. The van der Waals surface area contributed by atoms with E-state index in [1.54, 1.807) is 6.07 Å². The van der Waals surface area contributed by atoms with Gasteiger partial charge in [-0.2, -0.15) is 0 Å². The van der Waals surface area contributed by atoms with Crippen molar-refractivity contribution in [2.24, 2.45) is 0 Å². The summed E-state index contributed by atoms with van der Waals surface area (Å²) in [5.41, 5.74) is 0.993. The number of fused-ring (bicyclic) bond motifs is 2. The molecule has 2 aliphatic rings. The number of hydrogen-bond acceptors (Lipinski definition) is 5. The molecular weight excluding hydrogens is 360 g/mol. The zero-order valence-corrected chi connectivity index (χ0v) is 14.7. The van der Waals surface area contributed by atoms with Crippen LogP contribution in [-0.2, 0) is 11.2 Å². The summed E-state index contributed by atoms with van der Waals surface area (Å²) >= 11 is 0. The molecule has 6 nitrogen and oxygen atoms in total. The summed E-state index contributed by atoms with van der Waals surface area (Å²) < 4.78 is 46.2. The number of carbonyl (C=O) groups is 1. The molecule has 0 unspecified atom stereocenters. The van der Waals surface area contributed by atoms with Crippen LogP contribution in [0.2, 0.25) is 0 Å². The molecule has 2 aromatic carbocycles. The second-order valence-electron chi connectivity index (χ2n) is 6.95. The van der Waals surface area contributed by atoms with Crippen LogP contribution in [0.5, 0.6) is 23.0 Å². The van der Waals surface area contributed by atoms with E-state index >= 15 is 0 Å². The van der Waals surface area contributed by atoms with Gasteiger partial charge in [-0.05, 0) is 32.0 Å². The number of amides is 1. The Morgan fingerprint density at radius 3 is 2.74 bits per heavy atom. The van der Waals surface area contributed by atoms with Crippen molar-refractivity contribution in [1.82, 2.24) is 0 Å². The highest BCUT2D eigenvalue weighted by atomic mass is 19.3. The molecule has 0 aliphatic carbocycles. The van der Waals surface area contributed by atoms with Crippen molar-refractivity contribution < 1.29 is 32.5 Å². The number of nitrogens with one attached hydrogen (secondary N) is 1. The molecule has 0 saturated heterocycles. The van der Waals surface area contributed by atoms with E-state index in [9.17, 15) is 13.6 Å². The van der Waals surface area contributed by atoms with E-state index in [1.165, 1.54) is 18.2 Å². The highest BCUT2D eigenvalue weighted by molar-refractivity contribution is 5.92. The van der Waals surface area contributed by atoms with E-state index in [0.29, 0.717) is 17.2 Å². The van der Waals surface area contributed by atoms with Gasteiger partial charge >= 0.3 is 6.29 Å². The van der Waals surface area contributed by atoms with Crippen molar-refractivity contribution in [2.45, 2.75) is 32.2 Å². The Kier molecular flexibility index (Phi) is 3.87. The molecular formula is C19H17F2NO5. The van der Waals surface area contributed by atoms with Crippen molar-refractivity contribution in [3.05, 3.63) is 42.0 Å². The highest BCUT2D eigenvalue weighted by Gasteiger charge is 2.43. The summed E-state index contributed by atoms with van der Waals surface area (Å²) in [6.45, 7) is 3.70. The molecule has 4 rings (SSSR count). The molecule has 0 spiro atoms. The monoisotopic (exact) mass is 377 g/mol. The number of rotatable bonds is 4. The smallest absolute Gasteiger partial charge is 0.483 e. The first-order chi connectivity index (χ1) is 12.7. The summed E-state index contributed by atoms with van der Waals surface area (Å²) in [7, 11) is 0. The highest BCUT2D eigenvalue weighted by Crippen LogP contribution is 2.43. The minimum Gasteiger partial charge on any atom is -0.483 e. The normalized spacial score (nSPS) is 17.8. The van der Waals surface area contributed by atoms with Crippen molar-refractivity contribution >= 4 is 11.6 Å². The van der Waals surface area contributed by atoms with Gasteiger partial charge in [0.25, 0.3) is 5.91 Å². The van der Waals surface area contributed by atoms with Crippen LogP contribution >= 0.6 is 0 Å². The van der Waals surface area contributed by atoms with Crippen LogP contribution in [0.15, 0.2) is 36.4 Å². The Hall–Kier alpha value is -3.03. The number of ether oxygens (including phenoxy) is 4. The zero-order valence-electron chi connectivity index (χ0n) is 14.7. The SMILES string of the molecule is CC1(C)Cc2cccc(OCC(=O)Nc3ccc4c(c3)OC(F)(F)O4)c2O1. The second kappa shape index (κ2) is 6.00. The maximum absolute atomic E-state index is 13.0. The molecule has 1 amide bonds. The van der Waals surface area contributed by atoms with Gasteiger partial charge in [0.2, 0.25) is 0 Å². The molecule has 0 bridgehead atoms. The number of halogens is 2. The summed E-state index contributed by atoms with van der Waals surface area (Å²) in [6, 6.07) is 9.53. The minimum atomic E-state index is -3.70. The summed E-state index contributed by atoms with van der Waals surface area (Å²) in [5.74, 6) is 0.443. The van der Waals surface area contributed by atoms with E-state index in [1.807, 2.05) is 26.0 Å². The molecule has 0 atom stereocenters. The lowest BCUT2D eigenvalue weighted by Gasteiger charge is -2.18. The van der Waals surface area contributed by atoms with E-state index in [4.69, 9.17) is 9.47 Å². The van der Waals surface area contributed by atoms with Crippen LogP contribution in [-0.4, -0.2) is 24.4 Å². The molecule has 0 fully saturated rings. The number of para-hydroxylation sites is 1. The Morgan fingerprint density at radius 2 is 1.93 bits per heavy atom. The Morgan fingerprint density at radius 1 is 1.15 bits per heavy atom. The maximum atomic E-state index is 13.0. The predicted molar refractivity (Wildman–Crippen MR) is 91.6 cm³/mol. The van der Waals surface area contributed by atoms with Crippen molar-refractivity contribution in [3.8, 4) is 23.0 Å². The third kappa shape index (κ3) is 3.60. The molecule has 27 heavy (non-hydrogen) atoms. The predicted octanol–water partition coefficient (Wildman–Crippen LogP) is 3.74. The van der Waals surface area contributed by atoms with Gasteiger partial charge in [0.1, 0.15) is 5.60 Å².